The molecule has 2 aromatic rings. The number of hydrogen-bond donors (Lipinski definition) is 1. The van der Waals surface area contributed by atoms with Crippen molar-refractivity contribution in [1.82, 2.24) is 4.98 Å². The molecule has 104 valence electrons. The van der Waals surface area contributed by atoms with Crippen molar-refractivity contribution >= 4 is 11.4 Å². The van der Waals surface area contributed by atoms with Crippen molar-refractivity contribution in [3.8, 4) is 5.75 Å². The minimum absolute atomic E-state index is 0.0235. The number of ether oxygens (including phenoxy) is 1. The molecule has 2 rings (SSSR count). The van der Waals surface area contributed by atoms with Crippen LogP contribution in [0.25, 0.3) is 0 Å². The van der Waals surface area contributed by atoms with Crippen molar-refractivity contribution in [3.05, 3.63) is 57.9 Å². The van der Waals surface area contributed by atoms with Gasteiger partial charge in [0.15, 0.2) is 0 Å². The first-order valence-corrected chi connectivity index (χ1v) is 6.08. The fraction of sp³-hybridized carbons (Fsp3) is 0.214. The summed E-state index contributed by atoms with van der Waals surface area (Å²) in [5.74, 6) is 0.565. The highest BCUT2D eigenvalue weighted by atomic mass is 16.6. The van der Waals surface area contributed by atoms with Gasteiger partial charge in [-0.2, -0.15) is 0 Å². The van der Waals surface area contributed by atoms with Gasteiger partial charge in [-0.25, -0.2) is 0 Å². The van der Waals surface area contributed by atoms with Crippen LogP contribution in [0.15, 0.2) is 36.5 Å². The van der Waals surface area contributed by atoms with Crippen molar-refractivity contribution in [2.75, 3.05) is 12.4 Å². The Morgan fingerprint density at radius 1 is 1.35 bits per heavy atom. The molecule has 0 aliphatic heterocycles. The van der Waals surface area contributed by atoms with Crippen LogP contribution in [0.5, 0.6) is 5.75 Å². The number of pyridine rings is 1. The number of rotatable bonds is 5. The third-order valence-corrected chi connectivity index (χ3v) is 2.85. The molecule has 0 fully saturated rings. The molecule has 0 amide bonds. The zero-order valence-corrected chi connectivity index (χ0v) is 11.3. The lowest BCUT2D eigenvalue weighted by Crippen LogP contribution is -2.02. The van der Waals surface area contributed by atoms with Crippen LogP contribution in [-0.2, 0) is 6.54 Å². The molecular weight excluding hydrogens is 258 g/mol. The van der Waals surface area contributed by atoms with Gasteiger partial charge >= 0.3 is 0 Å². The van der Waals surface area contributed by atoms with E-state index in [1.807, 2.05) is 19.1 Å². The van der Waals surface area contributed by atoms with Crippen LogP contribution in [0.2, 0.25) is 0 Å². The van der Waals surface area contributed by atoms with E-state index in [1.165, 1.54) is 19.2 Å². The maximum Gasteiger partial charge on any atom is 0.271 e. The quantitative estimate of drug-likeness (QED) is 0.669. The van der Waals surface area contributed by atoms with Gasteiger partial charge in [0.1, 0.15) is 5.75 Å². The zero-order valence-electron chi connectivity index (χ0n) is 11.3. The van der Waals surface area contributed by atoms with Gasteiger partial charge < -0.3 is 10.1 Å². The zero-order chi connectivity index (χ0) is 14.5. The van der Waals surface area contributed by atoms with Gasteiger partial charge in [-0.1, -0.05) is 6.07 Å². The van der Waals surface area contributed by atoms with E-state index in [4.69, 9.17) is 4.74 Å². The molecule has 0 saturated heterocycles. The number of benzene rings is 1. The van der Waals surface area contributed by atoms with Crippen molar-refractivity contribution < 1.29 is 9.66 Å². The van der Waals surface area contributed by atoms with Gasteiger partial charge in [0.25, 0.3) is 5.69 Å². The van der Waals surface area contributed by atoms with E-state index in [2.05, 4.69) is 10.3 Å². The summed E-state index contributed by atoms with van der Waals surface area (Å²) in [6.45, 7) is 2.44. The molecule has 1 aromatic carbocycles. The van der Waals surface area contributed by atoms with E-state index in [0.29, 0.717) is 18.0 Å². The summed E-state index contributed by atoms with van der Waals surface area (Å²) < 4.78 is 5.19. The summed E-state index contributed by atoms with van der Waals surface area (Å²) in [5.41, 5.74) is 2.54. The lowest BCUT2D eigenvalue weighted by molar-refractivity contribution is -0.384. The molecule has 6 nitrogen and oxygen atoms in total. The summed E-state index contributed by atoms with van der Waals surface area (Å²) in [6.07, 6.45) is 1.77. The normalized spacial score (nSPS) is 10.1. The maximum atomic E-state index is 10.8. The SMILES string of the molecule is COc1ccc([N+](=O)[O-])cc1NCc1ccc(C)nc1. The van der Waals surface area contributed by atoms with E-state index < -0.39 is 4.92 Å². The molecular formula is C14H15N3O3. The Morgan fingerprint density at radius 3 is 2.75 bits per heavy atom. The van der Waals surface area contributed by atoms with Crippen LogP contribution < -0.4 is 10.1 Å². The minimum Gasteiger partial charge on any atom is -0.495 e. The Balaban J connectivity index is 2.16. The fourth-order valence-electron chi connectivity index (χ4n) is 1.75. The molecule has 0 radical (unpaired) electrons. The molecule has 0 aliphatic carbocycles. The Bertz CT molecular complexity index is 612. The van der Waals surface area contributed by atoms with E-state index >= 15 is 0 Å². The average molecular weight is 273 g/mol. The highest BCUT2D eigenvalue weighted by molar-refractivity contribution is 5.61. The van der Waals surface area contributed by atoms with Crippen LogP contribution in [-0.4, -0.2) is 17.0 Å². The van der Waals surface area contributed by atoms with Crippen molar-refractivity contribution in [3.63, 3.8) is 0 Å². The Morgan fingerprint density at radius 2 is 2.15 bits per heavy atom. The van der Waals surface area contributed by atoms with Gasteiger partial charge in [0.05, 0.1) is 17.7 Å². The Labute approximate surface area is 116 Å². The number of aromatic nitrogens is 1. The first-order chi connectivity index (χ1) is 9.60. The summed E-state index contributed by atoms with van der Waals surface area (Å²) >= 11 is 0. The van der Waals surface area contributed by atoms with Crippen LogP contribution in [0.4, 0.5) is 11.4 Å². The van der Waals surface area contributed by atoms with Crippen molar-refractivity contribution in [1.29, 1.82) is 0 Å². The molecule has 0 bridgehead atoms. The molecule has 0 atom stereocenters. The molecule has 1 aromatic heterocycles. The van der Waals surface area contributed by atoms with Crippen molar-refractivity contribution in [2.24, 2.45) is 0 Å². The lowest BCUT2D eigenvalue weighted by atomic mass is 10.2. The van der Waals surface area contributed by atoms with Crippen molar-refractivity contribution in [2.45, 2.75) is 13.5 Å². The van der Waals surface area contributed by atoms with Crippen LogP contribution in [0.3, 0.4) is 0 Å². The average Bonchev–Trinajstić information content (AvgIpc) is 2.46. The van der Waals surface area contributed by atoms with Gasteiger partial charge in [-0.15, -0.1) is 0 Å². The molecule has 1 N–H and O–H groups in total. The second kappa shape index (κ2) is 6.01. The Kier molecular flexibility index (Phi) is 4.14. The second-order valence-corrected chi connectivity index (χ2v) is 4.30. The van der Waals surface area contributed by atoms with E-state index in [0.717, 1.165) is 11.3 Å². The molecule has 1 heterocycles. The van der Waals surface area contributed by atoms with Gasteiger partial charge in [0, 0.05) is 30.6 Å². The first kappa shape index (κ1) is 13.8. The van der Waals surface area contributed by atoms with E-state index in [9.17, 15) is 10.1 Å². The number of nitro groups is 1. The summed E-state index contributed by atoms with van der Waals surface area (Å²) in [5, 5.41) is 13.9. The third-order valence-electron chi connectivity index (χ3n) is 2.85. The molecule has 0 unspecified atom stereocenters. The van der Waals surface area contributed by atoms with Crippen LogP contribution >= 0.6 is 0 Å². The molecule has 0 aliphatic rings. The number of nitrogens with zero attached hydrogens (tertiary/aromatic N) is 2. The van der Waals surface area contributed by atoms with Gasteiger partial charge in [0.2, 0.25) is 0 Å². The lowest BCUT2D eigenvalue weighted by Gasteiger charge is -2.11. The van der Waals surface area contributed by atoms with E-state index in [-0.39, 0.29) is 5.69 Å². The molecule has 20 heavy (non-hydrogen) atoms. The van der Waals surface area contributed by atoms with E-state index in [1.54, 1.807) is 12.3 Å². The number of aryl methyl sites for hydroxylation is 1. The highest BCUT2D eigenvalue weighted by Gasteiger charge is 2.11. The first-order valence-electron chi connectivity index (χ1n) is 6.08. The molecule has 0 saturated carbocycles. The van der Waals surface area contributed by atoms with Crippen LogP contribution in [0.1, 0.15) is 11.3 Å². The predicted octanol–water partition coefficient (Wildman–Crippen LogP) is 2.92. The predicted molar refractivity (Wildman–Crippen MR) is 75.9 cm³/mol. The number of anilines is 1. The fourth-order valence-corrected chi connectivity index (χ4v) is 1.75. The number of nitro benzene ring substituents is 1. The minimum atomic E-state index is -0.432. The Hall–Kier alpha value is -2.63. The molecule has 0 spiro atoms. The van der Waals surface area contributed by atoms with Crippen LogP contribution in [0, 0.1) is 17.0 Å². The summed E-state index contributed by atoms with van der Waals surface area (Å²) in [7, 11) is 1.53. The number of hydrogen-bond acceptors (Lipinski definition) is 5. The molecule has 6 heteroatoms. The number of methoxy groups -OCH3 is 1. The summed E-state index contributed by atoms with van der Waals surface area (Å²) in [4.78, 5) is 14.6. The number of non-ortho nitro benzene ring substituents is 1. The smallest absolute Gasteiger partial charge is 0.271 e. The summed E-state index contributed by atoms with van der Waals surface area (Å²) in [6, 6.07) is 8.33. The topological polar surface area (TPSA) is 77.3 Å². The monoisotopic (exact) mass is 273 g/mol. The highest BCUT2D eigenvalue weighted by Crippen LogP contribution is 2.29. The standard InChI is InChI=1S/C14H15N3O3/c1-10-3-4-11(8-15-10)9-16-13-7-12(17(18)19)5-6-14(13)20-2/h3-8,16H,9H2,1-2H3. The second-order valence-electron chi connectivity index (χ2n) is 4.30. The largest absolute Gasteiger partial charge is 0.495 e. The van der Waals surface area contributed by atoms with Gasteiger partial charge in [-0.05, 0) is 24.6 Å². The third kappa shape index (κ3) is 3.23. The van der Waals surface area contributed by atoms with Gasteiger partial charge in [-0.3, -0.25) is 15.1 Å². The number of nitrogens with one attached hydrogen (secondary N) is 1. The maximum absolute atomic E-state index is 10.8.